The summed E-state index contributed by atoms with van der Waals surface area (Å²) in [6, 6.07) is 8.69. The average Bonchev–Trinajstić information content (AvgIpc) is 2.60. The van der Waals surface area contributed by atoms with Crippen LogP contribution in [-0.2, 0) is 5.41 Å². The SMILES string of the molecule is CCC(C)(C)c1ccc(OCCCCCN2CCC(C)CC2)cc1. The van der Waals surface area contributed by atoms with Crippen LogP contribution in [0.4, 0.5) is 0 Å². The molecule has 1 aromatic carbocycles. The first-order valence-electron chi connectivity index (χ1n) is 9.97. The topological polar surface area (TPSA) is 12.5 Å². The molecule has 0 bridgehead atoms. The highest BCUT2D eigenvalue weighted by atomic mass is 16.5. The van der Waals surface area contributed by atoms with E-state index in [0.717, 1.165) is 31.1 Å². The Kier molecular flexibility index (Phi) is 7.61. The van der Waals surface area contributed by atoms with E-state index < -0.39 is 0 Å². The van der Waals surface area contributed by atoms with Crippen molar-refractivity contribution in [2.45, 2.75) is 71.6 Å². The second-order valence-electron chi connectivity index (χ2n) is 8.20. The molecule has 1 aliphatic rings. The van der Waals surface area contributed by atoms with Gasteiger partial charge >= 0.3 is 0 Å². The van der Waals surface area contributed by atoms with Crippen LogP contribution in [0.3, 0.4) is 0 Å². The van der Waals surface area contributed by atoms with Gasteiger partial charge in [-0.25, -0.2) is 0 Å². The van der Waals surface area contributed by atoms with Gasteiger partial charge in [0, 0.05) is 0 Å². The van der Waals surface area contributed by atoms with E-state index in [2.05, 4.69) is 56.9 Å². The first-order chi connectivity index (χ1) is 11.5. The number of nitrogens with zero attached hydrogens (tertiary/aromatic N) is 1. The van der Waals surface area contributed by atoms with Gasteiger partial charge in [0.25, 0.3) is 0 Å². The van der Waals surface area contributed by atoms with Crippen LogP contribution < -0.4 is 4.74 Å². The van der Waals surface area contributed by atoms with Crippen LogP contribution in [0.25, 0.3) is 0 Å². The summed E-state index contributed by atoms with van der Waals surface area (Å²) in [4.78, 5) is 2.63. The highest BCUT2D eigenvalue weighted by molar-refractivity contribution is 5.31. The van der Waals surface area contributed by atoms with Crippen LogP contribution in [-0.4, -0.2) is 31.1 Å². The van der Waals surface area contributed by atoms with Crippen molar-refractivity contribution < 1.29 is 4.74 Å². The summed E-state index contributed by atoms with van der Waals surface area (Å²) in [7, 11) is 0. The molecule has 0 aliphatic carbocycles. The lowest BCUT2D eigenvalue weighted by molar-refractivity contribution is 0.187. The molecular formula is C22H37NO. The van der Waals surface area contributed by atoms with Gasteiger partial charge in [0.2, 0.25) is 0 Å². The Labute approximate surface area is 149 Å². The lowest BCUT2D eigenvalue weighted by atomic mass is 9.82. The summed E-state index contributed by atoms with van der Waals surface area (Å²) < 4.78 is 5.90. The summed E-state index contributed by atoms with van der Waals surface area (Å²) in [6.45, 7) is 13.9. The van der Waals surface area contributed by atoms with Crippen LogP contribution in [0.2, 0.25) is 0 Å². The molecule has 0 radical (unpaired) electrons. The third-order valence-corrected chi connectivity index (χ3v) is 5.78. The zero-order valence-corrected chi connectivity index (χ0v) is 16.3. The van der Waals surface area contributed by atoms with E-state index in [0.29, 0.717) is 0 Å². The lowest BCUT2D eigenvalue weighted by Gasteiger charge is -2.30. The van der Waals surface area contributed by atoms with Crippen LogP contribution >= 0.6 is 0 Å². The van der Waals surface area contributed by atoms with E-state index in [-0.39, 0.29) is 5.41 Å². The van der Waals surface area contributed by atoms with Gasteiger partial charge in [0.05, 0.1) is 6.61 Å². The smallest absolute Gasteiger partial charge is 0.119 e. The molecule has 2 rings (SSSR count). The van der Waals surface area contributed by atoms with E-state index in [1.165, 1.54) is 50.9 Å². The Hall–Kier alpha value is -1.02. The van der Waals surface area contributed by atoms with Crippen molar-refractivity contribution in [3.05, 3.63) is 29.8 Å². The molecule has 1 aliphatic heterocycles. The van der Waals surface area contributed by atoms with Crippen molar-refractivity contribution in [2.24, 2.45) is 5.92 Å². The van der Waals surface area contributed by atoms with Crippen LogP contribution in [0.5, 0.6) is 5.75 Å². The van der Waals surface area contributed by atoms with Crippen LogP contribution in [0, 0.1) is 5.92 Å². The van der Waals surface area contributed by atoms with Gasteiger partial charge in [0.15, 0.2) is 0 Å². The van der Waals surface area contributed by atoms with Gasteiger partial charge in [0.1, 0.15) is 5.75 Å². The van der Waals surface area contributed by atoms with Gasteiger partial charge in [-0.3, -0.25) is 0 Å². The predicted molar refractivity (Wildman–Crippen MR) is 104 cm³/mol. The molecule has 0 amide bonds. The maximum atomic E-state index is 5.90. The number of benzene rings is 1. The molecule has 0 unspecified atom stereocenters. The Morgan fingerprint density at radius 3 is 2.33 bits per heavy atom. The van der Waals surface area contributed by atoms with Crippen molar-refractivity contribution in [3.8, 4) is 5.75 Å². The molecule has 2 heteroatoms. The minimum atomic E-state index is 0.255. The number of unbranched alkanes of at least 4 members (excludes halogenated alkanes) is 2. The molecule has 0 atom stereocenters. The second kappa shape index (κ2) is 9.46. The van der Waals surface area contributed by atoms with Gasteiger partial charge < -0.3 is 9.64 Å². The van der Waals surface area contributed by atoms with Crippen molar-refractivity contribution in [1.29, 1.82) is 0 Å². The maximum absolute atomic E-state index is 5.90. The summed E-state index contributed by atoms with van der Waals surface area (Å²) in [5.74, 6) is 1.94. The number of ether oxygens (including phenoxy) is 1. The number of rotatable bonds is 9. The minimum absolute atomic E-state index is 0.255. The second-order valence-corrected chi connectivity index (χ2v) is 8.20. The summed E-state index contributed by atoms with van der Waals surface area (Å²) in [5.41, 5.74) is 1.65. The van der Waals surface area contributed by atoms with E-state index in [9.17, 15) is 0 Å². The number of hydrogen-bond acceptors (Lipinski definition) is 2. The van der Waals surface area contributed by atoms with Crippen molar-refractivity contribution in [1.82, 2.24) is 4.90 Å². The highest BCUT2D eigenvalue weighted by Crippen LogP contribution is 2.28. The first-order valence-corrected chi connectivity index (χ1v) is 9.97. The third-order valence-electron chi connectivity index (χ3n) is 5.78. The monoisotopic (exact) mass is 331 g/mol. The van der Waals surface area contributed by atoms with Gasteiger partial charge in [-0.1, -0.05) is 39.8 Å². The normalized spacial score (nSPS) is 17.2. The highest BCUT2D eigenvalue weighted by Gasteiger charge is 2.17. The fourth-order valence-corrected chi connectivity index (χ4v) is 3.30. The Balaban J connectivity index is 1.57. The van der Waals surface area contributed by atoms with Gasteiger partial charge in [-0.05, 0) is 87.2 Å². The van der Waals surface area contributed by atoms with Gasteiger partial charge in [-0.15, -0.1) is 0 Å². The molecular weight excluding hydrogens is 294 g/mol. The molecule has 0 aromatic heterocycles. The van der Waals surface area contributed by atoms with E-state index in [1.807, 2.05) is 0 Å². The Bertz CT molecular complexity index is 457. The summed E-state index contributed by atoms with van der Waals surface area (Å²) >= 11 is 0. The molecule has 0 spiro atoms. The summed E-state index contributed by atoms with van der Waals surface area (Å²) in [6.07, 6.45) is 7.66. The Morgan fingerprint density at radius 1 is 1.04 bits per heavy atom. The molecule has 0 N–H and O–H groups in total. The van der Waals surface area contributed by atoms with Crippen LogP contribution in [0.15, 0.2) is 24.3 Å². The van der Waals surface area contributed by atoms with E-state index in [1.54, 1.807) is 0 Å². The molecule has 0 saturated carbocycles. The number of piperidine rings is 1. The standard InChI is InChI=1S/C22H37NO/c1-5-22(3,4)20-9-11-21(12-10-20)24-18-8-6-7-15-23-16-13-19(2)14-17-23/h9-12,19H,5-8,13-18H2,1-4H3. The molecule has 2 nitrogen and oxygen atoms in total. The van der Waals surface area contributed by atoms with Crippen molar-refractivity contribution in [2.75, 3.05) is 26.2 Å². The quantitative estimate of drug-likeness (QED) is 0.542. The number of likely N-dealkylation sites (tertiary alicyclic amines) is 1. The van der Waals surface area contributed by atoms with E-state index >= 15 is 0 Å². The average molecular weight is 332 g/mol. The third kappa shape index (κ3) is 6.12. The zero-order valence-electron chi connectivity index (χ0n) is 16.3. The van der Waals surface area contributed by atoms with Crippen molar-refractivity contribution >= 4 is 0 Å². The molecule has 24 heavy (non-hydrogen) atoms. The van der Waals surface area contributed by atoms with E-state index in [4.69, 9.17) is 4.74 Å². The molecule has 136 valence electrons. The van der Waals surface area contributed by atoms with Crippen molar-refractivity contribution in [3.63, 3.8) is 0 Å². The fraction of sp³-hybridized carbons (Fsp3) is 0.727. The van der Waals surface area contributed by atoms with Crippen LogP contribution in [0.1, 0.15) is 71.8 Å². The zero-order chi connectivity index (χ0) is 17.4. The summed E-state index contributed by atoms with van der Waals surface area (Å²) in [5, 5.41) is 0. The maximum Gasteiger partial charge on any atom is 0.119 e. The molecule has 1 fully saturated rings. The molecule has 1 heterocycles. The first kappa shape index (κ1) is 19.3. The lowest BCUT2D eigenvalue weighted by Crippen LogP contribution is -2.33. The molecule has 1 aromatic rings. The largest absolute Gasteiger partial charge is 0.494 e. The Morgan fingerprint density at radius 2 is 1.71 bits per heavy atom. The molecule has 1 saturated heterocycles. The fourth-order valence-electron chi connectivity index (χ4n) is 3.30. The number of hydrogen-bond donors (Lipinski definition) is 0. The van der Waals surface area contributed by atoms with Gasteiger partial charge in [-0.2, -0.15) is 0 Å². The predicted octanol–water partition coefficient (Wildman–Crippen LogP) is 5.66. The minimum Gasteiger partial charge on any atom is -0.494 e.